The van der Waals surface area contributed by atoms with Gasteiger partial charge in [0, 0.05) is 59.6 Å². The summed E-state index contributed by atoms with van der Waals surface area (Å²) in [6.07, 6.45) is 0. The summed E-state index contributed by atoms with van der Waals surface area (Å²) in [6, 6.07) is 77.0. The van der Waals surface area contributed by atoms with Gasteiger partial charge < -0.3 is 9.32 Å². The van der Waals surface area contributed by atoms with Gasteiger partial charge in [0.25, 0.3) is 0 Å². The van der Waals surface area contributed by atoms with E-state index in [0.29, 0.717) is 0 Å². The van der Waals surface area contributed by atoms with Gasteiger partial charge in [0.2, 0.25) is 0 Å². The molecule has 2 aromatic heterocycles. The van der Waals surface area contributed by atoms with Crippen molar-refractivity contribution in [2.45, 2.75) is 0 Å². The van der Waals surface area contributed by atoms with Crippen LogP contribution < -0.4 is 4.90 Å². The molecule has 0 saturated carbocycles. The van der Waals surface area contributed by atoms with Gasteiger partial charge in [-0.1, -0.05) is 152 Å². The number of benzene rings is 10. The standard InChI is InChI=1S/C56H35NOS/c1-2-13-36(14-3-1)43-31-29-40(34-52(43)50-22-12-21-49-48-20-9-11-24-55(48)59-56(49)50)57(41-30-32-47-46-19-8-10-23-53(46)58-54(47)35-41)39-27-25-37(26-28-39)51-33-38-15-4-5-16-42(38)44-17-6-7-18-45(44)51/h1-35H. The molecule has 12 aromatic rings. The van der Waals surface area contributed by atoms with E-state index in [9.17, 15) is 0 Å². The first-order valence-electron chi connectivity index (χ1n) is 20.1. The van der Waals surface area contributed by atoms with Crippen LogP contribution in [0.15, 0.2) is 217 Å². The minimum Gasteiger partial charge on any atom is -0.456 e. The van der Waals surface area contributed by atoms with Crippen LogP contribution in [0.25, 0.3) is 97.0 Å². The van der Waals surface area contributed by atoms with Crippen molar-refractivity contribution in [1.82, 2.24) is 0 Å². The Balaban J connectivity index is 1.07. The van der Waals surface area contributed by atoms with Gasteiger partial charge in [-0.05, 0) is 104 Å². The number of fused-ring (bicyclic) bond motifs is 9. The van der Waals surface area contributed by atoms with Crippen molar-refractivity contribution in [1.29, 1.82) is 0 Å². The Hall–Kier alpha value is -7.46. The molecule has 10 aromatic carbocycles. The molecule has 0 fully saturated rings. The monoisotopic (exact) mass is 769 g/mol. The van der Waals surface area contributed by atoms with Crippen molar-refractivity contribution in [3.63, 3.8) is 0 Å². The summed E-state index contributed by atoms with van der Waals surface area (Å²) >= 11 is 1.87. The van der Waals surface area contributed by atoms with Crippen molar-refractivity contribution in [2.24, 2.45) is 0 Å². The van der Waals surface area contributed by atoms with Gasteiger partial charge in [-0.15, -0.1) is 11.3 Å². The average molecular weight is 770 g/mol. The molecule has 0 N–H and O–H groups in total. The van der Waals surface area contributed by atoms with Crippen molar-refractivity contribution < 1.29 is 4.42 Å². The first-order valence-corrected chi connectivity index (χ1v) is 20.9. The Labute approximate surface area is 345 Å². The molecule has 0 amide bonds. The van der Waals surface area contributed by atoms with E-state index in [2.05, 4.69) is 205 Å². The second-order valence-corrected chi connectivity index (χ2v) is 16.3. The summed E-state index contributed by atoms with van der Waals surface area (Å²) in [5.41, 5.74) is 12.1. The molecule has 0 radical (unpaired) electrons. The molecule has 0 atom stereocenters. The number of nitrogens with zero attached hydrogens (tertiary/aromatic N) is 1. The third-order valence-corrected chi connectivity index (χ3v) is 13.1. The first-order chi connectivity index (χ1) is 29.2. The Kier molecular flexibility index (Phi) is 7.75. The summed E-state index contributed by atoms with van der Waals surface area (Å²) in [6.45, 7) is 0. The Bertz CT molecular complexity index is 3560. The lowest BCUT2D eigenvalue weighted by Crippen LogP contribution is -2.10. The summed E-state index contributed by atoms with van der Waals surface area (Å²) in [5.74, 6) is 0. The highest BCUT2D eigenvalue weighted by atomic mass is 32.1. The number of thiophene rings is 1. The van der Waals surface area contributed by atoms with Crippen LogP contribution in [0.1, 0.15) is 0 Å². The third kappa shape index (κ3) is 5.55. The van der Waals surface area contributed by atoms with E-state index >= 15 is 0 Å². The predicted molar refractivity (Wildman–Crippen MR) is 253 cm³/mol. The number of furan rings is 1. The number of hydrogen-bond donors (Lipinski definition) is 0. The van der Waals surface area contributed by atoms with Crippen LogP contribution in [0.4, 0.5) is 17.1 Å². The molecule has 2 heterocycles. The highest BCUT2D eigenvalue weighted by molar-refractivity contribution is 7.26. The zero-order valence-electron chi connectivity index (χ0n) is 32.0. The van der Waals surface area contributed by atoms with E-state index in [1.807, 2.05) is 23.5 Å². The molecule has 0 saturated heterocycles. The van der Waals surface area contributed by atoms with Crippen molar-refractivity contribution >= 4 is 92.1 Å². The highest BCUT2D eigenvalue weighted by Crippen LogP contribution is 2.47. The molecule has 3 heteroatoms. The second kappa shape index (κ2) is 13.6. The molecule has 0 aliphatic heterocycles. The van der Waals surface area contributed by atoms with E-state index in [0.717, 1.165) is 39.0 Å². The van der Waals surface area contributed by atoms with Gasteiger partial charge in [-0.3, -0.25) is 0 Å². The largest absolute Gasteiger partial charge is 0.456 e. The van der Waals surface area contributed by atoms with Crippen molar-refractivity contribution in [3.05, 3.63) is 212 Å². The molecule has 59 heavy (non-hydrogen) atoms. The number of para-hydroxylation sites is 1. The molecule has 0 bridgehead atoms. The lowest BCUT2D eigenvalue weighted by Gasteiger charge is -2.27. The smallest absolute Gasteiger partial charge is 0.137 e. The normalized spacial score (nSPS) is 11.7. The van der Waals surface area contributed by atoms with Crippen LogP contribution >= 0.6 is 11.3 Å². The molecule has 276 valence electrons. The van der Waals surface area contributed by atoms with Crippen LogP contribution in [-0.2, 0) is 0 Å². The lowest BCUT2D eigenvalue weighted by atomic mass is 9.92. The second-order valence-electron chi connectivity index (χ2n) is 15.2. The van der Waals surface area contributed by atoms with Crippen molar-refractivity contribution in [2.75, 3.05) is 4.90 Å². The Morgan fingerprint density at radius 1 is 0.322 bits per heavy atom. The molecule has 2 nitrogen and oxygen atoms in total. The number of hydrogen-bond acceptors (Lipinski definition) is 3. The molecule has 12 rings (SSSR count). The SMILES string of the molecule is c1ccc(-c2ccc(N(c3ccc(-c4cc5ccccc5c5ccccc45)cc3)c3ccc4c(c3)oc3ccccc34)cc2-c2cccc3c2sc2ccccc23)cc1. The zero-order valence-corrected chi connectivity index (χ0v) is 32.8. The Morgan fingerprint density at radius 2 is 0.949 bits per heavy atom. The van der Waals surface area contributed by atoms with E-state index in [4.69, 9.17) is 4.42 Å². The first kappa shape index (κ1) is 33.7. The van der Waals surface area contributed by atoms with Crippen molar-refractivity contribution in [3.8, 4) is 33.4 Å². The molecular weight excluding hydrogens is 735 g/mol. The highest BCUT2D eigenvalue weighted by Gasteiger charge is 2.20. The maximum atomic E-state index is 6.49. The predicted octanol–water partition coefficient (Wildman–Crippen LogP) is 16.7. The van der Waals surface area contributed by atoms with Crippen LogP contribution in [0.2, 0.25) is 0 Å². The van der Waals surface area contributed by atoms with Gasteiger partial charge in [0.15, 0.2) is 0 Å². The minimum atomic E-state index is 0.865. The van der Waals surface area contributed by atoms with E-state index in [-0.39, 0.29) is 0 Å². The van der Waals surface area contributed by atoms with Crippen LogP contribution in [0, 0.1) is 0 Å². The van der Waals surface area contributed by atoms with Gasteiger partial charge in [-0.2, -0.15) is 0 Å². The number of anilines is 3. The lowest BCUT2D eigenvalue weighted by molar-refractivity contribution is 0.669. The topological polar surface area (TPSA) is 16.4 Å². The molecule has 0 aliphatic rings. The van der Waals surface area contributed by atoms with Crippen LogP contribution in [-0.4, -0.2) is 0 Å². The van der Waals surface area contributed by atoms with Gasteiger partial charge in [0.05, 0.1) is 0 Å². The van der Waals surface area contributed by atoms with Gasteiger partial charge in [0.1, 0.15) is 11.2 Å². The summed E-state index contributed by atoms with van der Waals surface area (Å²) in [7, 11) is 0. The summed E-state index contributed by atoms with van der Waals surface area (Å²) in [5, 5.41) is 9.86. The molecule has 0 aliphatic carbocycles. The van der Waals surface area contributed by atoms with E-state index < -0.39 is 0 Å². The van der Waals surface area contributed by atoms with Crippen LogP contribution in [0.5, 0.6) is 0 Å². The molecule has 0 spiro atoms. The molecule has 0 unspecified atom stereocenters. The Morgan fingerprint density at radius 3 is 1.81 bits per heavy atom. The maximum absolute atomic E-state index is 6.49. The number of rotatable bonds is 6. The fraction of sp³-hybridized carbons (Fsp3) is 0. The third-order valence-electron chi connectivity index (χ3n) is 11.9. The molecular formula is C56H35NOS. The van der Waals surface area contributed by atoms with Gasteiger partial charge in [-0.25, -0.2) is 0 Å². The summed E-state index contributed by atoms with van der Waals surface area (Å²) in [4.78, 5) is 2.37. The summed E-state index contributed by atoms with van der Waals surface area (Å²) < 4.78 is 9.08. The quantitative estimate of drug-likeness (QED) is 0.157. The fourth-order valence-corrected chi connectivity index (χ4v) is 10.3. The maximum Gasteiger partial charge on any atom is 0.137 e. The zero-order chi connectivity index (χ0) is 38.9. The van der Waals surface area contributed by atoms with E-state index in [1.165, 1.54) is 75.1 Å². The van der Waals surface area contributed by atoms with Crippen LogP contribution in [0.3, 0.4) is 0 Å². The average Bonchev–Trinajstić information content (AvgIpc) is 3.88. The van der Waals surface area contributed by atoms with Gasteiger partial charge >= 0.3 is 0 Å². The minimum absolute atomic E-state index is 0.865. The van der Waals surface area contributed by atoms with E-state index in [1.54, 1.807) is 0 Å². The fourth-order valence-electron chi connectivity index (χ4n) is 9.11.